The van der Waals surface area contributed by atoms with Crippen molar-refractivity contribution in [2.45, 2.75) is 52.7 Å². The summed E-state index contributed by atoms with van der Waals surface area (Å²) < 4.78 is 22.6. The molecular weight excluding hydrogens is 482 g/mol. The Hall–Kier alpha value is -3.58. The minimum absolute atomic E-state index is 0.178. The van der Waals surface area contributed by atoms with E-state index in [4.69, 9.17) is 18.9 Å². The smallest absolute Gasteiger partial charge is 0.311 e. The largest absolute Gasteiger partial charge is 0.497 e. The normalized spacial score (nSPS) is 13.1. The van der Waals surface area contributed by atoms with Gasteiger partial charge in [0.05, 0.1) is 31.9 Å². The molecule has 0 aliphatic rings. The van der Waals surface area contributed by atoms with Crippen molar-refractivity contribution in [3.63, 3.8) is 0 Å². The van der Waals surface area contributed by atoms with Gasteiger partial charge in [0.1, 0.15) is 23.7 Å². The molecule has 0 aliphatic heterocycles. The first-order chi connectivity index (χ1) is 18.0. The summed E-state index contributed by atoms with van der Waals surface area (Å²) in [5.41, 5.74) is -0.0683. The van der Waals surface area contributed by atoms with Gasteiger partial charge in [-0.05, 0) is 50.1 Å². The van der Waals surface area contributed by atoms with Crippen LogP contribution in [0.15, 0.2) is 73.8 Å². The number of ether oxygens (including phenoxy) is 4. The molecule has 0 saturated carbocycles. The highest BCUT2D eigenvalue weighted by Crippen LogP contribution is 2.39. The molecule has 0 radical (unpaired) electrons. The van der Waals surface area contributed by atoms with E-state index in [9.17, 15) is 9.59 Å². The molecule has 2 unspecified atom stereocenters. The fraction of sp³-hybridized carbons (Fsp3) is 0.419. The summed E-state index contributed by atoms with van der Waals surface area (Å²) in [6.45, 7) is 15.1. The van der Waals surface area contributed by atoms with Crippen LogP contribution in [-0.4, -0.2) is 38.8 Å². The number of benzene rings is 2. The maximum atomic E-state index is 13.6. The maximum Gasteiger partial charge on any atom is 0.311 e. The number of rotatable bonds is 15. The summed E-state index contributed by atoms with van der Waals surface area (Å²) in [5.74, 6) is 0.568. The van der Waals surface area contributed by atoms with E-state index in [2.05, 4.69) is 18.5 Å². The predicted octanol–water partition coefficient (Wildman–Crippen LogP) is 6.52. The fourth-order valence-electron chi connectivity index (χ4n) is 4.65. The third kappa shape index (κ3) is 8.21. The van der Waals surface area contributed by atoms with Crippen LogP contribution in [-0.2, 0) is 19.1 Å². The molecule has 0 bridgehead atoms. The lowest BCUT2D eigenvalue weighted by Gasteiger charge is -2.38. The molecule has 0 fully saturated rings. The van der Waals surface area contributed by atoms with Crippen molar-refractivity contribution in [2.24, 2.45) is 10.8 Å². The van der Waals surface area contributed by atoms with Crippen LogP contribution in [0, 0.1) is 10.8 Å². The highest BCUT2D eigenvalue weighted by atomic mass is 16.5. The molecule has 0 aromatic heterocycles. The van der Waals surface area contributed by atoms with Gasteiger partial charge in [0, 0.05) is 11.8 Å². The van der Waals surface area contributed by atoms with Crippen LogP contribution in [0.3, 0.4) is 0 Å². The standard InChI is InChI=1S/C31H41NO6/c1-9-13-25(22-16-18-23(35-7)19-17-22)38-26-15-12-11-14-24(26)32-28(33)27(37-20-10-2)30(3,4)21-31(5,6)29(34)36-8/h9-12,14-19,25,27H,1-2,13,20-21H2,3-8H3,(H,32,33). The summed E-state index contributed by atoms with van der Waals surface area (Å²) in [6.07, 6.45) is 3.12. The van der Waals surface area contributed by atoms with E-state index in [-0.39, 0.29) is 24.6 Å². The van der Waals surface area contributed by atoms with E-state index in [1.54, 1.807) is 45.2 Å². The monoisotopic (exact) mass is 523 g/mol. The second kappa shape index (κ2) is 13.8. The molecule has 38 heavy (non-hydrogen) atoms. The van der Waals surface area contributed by atoms with E-state index < -0.39 is 16.9 Å². The van der Waals surface area contributed by atoms with Crippen molar-refractivity contribution >= 4 is 17.6 Å². The molecule has 2 atom stereocenters. The van der Waals surface area contributed by atoms with E-state index in [0.717, 1.165) is 11.3 Å². The number of carbonyl (C=O) groups is 2. The average molecular weight is 524 g/mol. The van der Waals surface area contributed by atoms with Crippen LogP contribution in [0.4, 0.5) is 5.69 Å². The number of carbonyl (C=O) groups excluding carboxylic acids is 2. The summed E-state index contributed by atoms with van der Waals surface area (Å²) in [6, 6.07) is 14.9. The lowest BCUT2D eigenvalue weighted by atomic mass is 9.71. The summed E-state index contributed by atoms with van der Waals surface area (Å²) in [7, 11) is 2.98. The number of para-hydroxylation sites is 2. The maximum absolute atomic E-state index is 13.6. The zero-order chi connectivity index (χ0) is 28.3. The van der Waals surface area contributed by atoms with E-state index in [1.165, 1.54) is 7.11 Å². The number of hydrogen-bond acceptors (Lipinski definition) is 6. The number of nitrogens with one attached hydrogen (secondary N) is 1. The van der Waals surface area contributed by atoms with Crippen molar-refractivity contribution in [1.29, 1.82) is 0 Å². The van der Waals surface area contributed by atoms with Gasteiger partial charge in [0.25, 0.3) is 5.91 Å². The molecule has 0 spiro atoms. The average Bonchev–Trinajstić information content (AvgIpc) is 2.88. The van der Waals surface area contributed by atoms with Crippen molar-refractivity contribution in [3.05, 3.63) is 79.4 Å². The number of methoxy groups -OCH3 is 2. The molecule has 2 aromatic carbocycles. The Bertz CT molecular complexity index is 1090. The lowest BCUT2D eigenvalue weighted by molar-refractivity contribution is -0.156. The SMILES string of the molecule is C=CCOC(C(=O)Nc1ccccc1OC(CC=C)c1ccc(OC)cc1)C(C)(C)CC(C)(C)C(=O)OC. The van der Waals surface area contributed by atoms with Gasteiger partial charge >= 0.3 is 5.97 Å². The Morgan fingerprint density at radius 3 is 2.21 bits per heavy atom. The van der Waals surface area contributed by atoms with Gasteiger partial charge < -0.3 is 24.3 Å². The van der Waals surface area contributed by atoms with Gasteiger partial charge in [-0.1, -0.05) is 50.3 Å². The first-order valence-corrected chi connectivity index (χ1v) is 12.6. The second-order valence-electron chi connectivity index (χ2n) is 10.4. The summed E-state index contributed by atoms with van der Waals surface area (Å²) in [4.78, 5) is 26.0. The minimum atomic E-state index is -0.872. The van der Waals surface area contributed by atoms with Crippen LogP contribution in [0.2, 0.25) is 0 Å². The predicted molar refractivity (Wildman–Crippen MR) is 150 cm³/mol. The molecule has 2 rings (SSSR count). The van der Waals surface area contributed by atoms with Gasteiger partial charge in [0.15, 0.2) is 0 Å². The summed E-state index contributed by atoms with van der Waals surface area (Å²) in [5, 5.41) is 2.99. The third-order valence-corrected chi connectivity index (χ3v) is 6.25. The van der Waals surface area contributed by atoms with E-state index in [1.807, 2.05) is 50.2 Å². The molecule has 1 amide bonds. The zero-order valence-corrected chi connectivity index (χ0v) is 23.4. The molecular formula is C31H41NO6. The number of hydrogen-bond donors (Lipinski definition) is 1. The quantitative estimate of drug-likeness (QED) is 0.211. The molecule has 2 aromatic rings. The number of esters is 1. The molecule has 1 N–H and O–H groups in total. The Morgan fingerprint density at radius 2 is 1.63 bits per heavy atom. The molecule has 0 aliphatic carbocycles. The molecule has 206 valence electrons. The topological polar surface area (TPSA) is 83.1 Å². The van der Waals surface area contributed by atoms with Crippen LogP contribution < -0.4 is 14.8 Å². The van der Waals surface area contributed by atoms with Crippen molar-refractivity contribution in [3.8, 4) is 11.5 Å². The van der Waals surface area contributed by atoms with Gasteiger partial charge in [-0.3, -0.25) is 9.59 Å². The Balaban J connectivity index is 2.32. The second-order valence-corrected chi connectivity index (χ2v) is 10.4. The van der Waals surface area contributed by atoms with Gasteiger partial charge in [-0.15, -0.1) is 13.2 Å². The number of anilines is 1. The Labute approximate surface area is 226 Å². The van der Waals surface area contributed by atoms with Gasteiger partial charge in [-0.2, -0.15) is 0 Å². The molecule has 0 saturated heterocycles. The van der Waals surface area contributed by atoms with Gasteiger partial charge in [-0.25, -0.2) is 0 Å². The van der Waals surface area contributed by atoms with E-state index in [0.29, 0.717) is 24.3 Å². The van der Waals surface area contributed by atoms with E-state index >= 15 is 0 Å². The zero-order valence-electron chi connectivity index (χ0n) is 23.4. The Kier molecular flexibility index (Phi) is 11.1. The van der Waals surface area contributed by atoms with Crippen molar-refractivity contribution < 1.29 is 28.5 Å². The highest BCUT2D eigenvalue weighted by molar-refractivity contribution is 5.96. The van der Waals surface area contributed by atoms with Gasteiger partial charge in [0.2, 0.25) is 0 Å². The first kappa shape index (κ1) is 30.6. The minimum Gasteiger partial charge on any atom is -0.497 e. The fourth-order valence-corrected chi connectivity index (χ4v) is 4.65. The molecule has 7 nitrogen and oxygen atoms in total. The van der Waals surface area contributed by atoms with Crippen LogP contribution >= 0.6 is 0 Å². The van der Waals surface area contributed by atoms with Crippen LogP contribution in [0.25, 0.3) is 0 Å². The van der Waals surface area contributed by atoms with Crippen molar-refractivity contribution in [1.82, 2.24) is 0 Å². The van der Waals surface area contributed by atoms with Crippen LogP contribution in [0.1, 0.15) is 52.2 Å². The number of amides is 1. The first-order valence-electron chi connectivity index (χ1n) is 12.6. The Morgan fingerprint density at radius 1 is 0.974 bits per heavy atom. The third-order valence-electron chi connectivity index (χ3n) is 6.25. The van der Waals surface area contributed by atoms with Crippen LogP contribution in [0.5, 0.6) is 11.5 Å². The molecule has 7 heteroatoms. The molecule has 0 heterocycles. The lowest BCUT2D eigenvalue weighted by Crippen LogP contribution is -2.46. The van der Waals surface area contributed by atoms with Crippen molar-refractivity contribution in [2.75, 3.05) is 26.1 Å². The highest BCUT2D eigenvalue weighted by Gasteiger charge is 2.43. The summed E-state index contributed by atoms with van der Waals surface area (Å²) >= 11 is 0.